The number of hydrogen-bond acceptors (Lipinski definition) is 4. The predicted molar refractivity (Wildman–Crippen MR) is 64.9 cm³/mol. The van der Waals surface area contributed by atoms with E-state index in [1.54, 1.807) is 12.1 Å². The Labute approximate surface area is 101 Å². The van der Waals surface area contributed by atoms with E-state index >= 15 is 0 Å². The molecule has 90 valence electrons. The maximum Gasteiger partial charge on any atom is 0.308 e. The van der Waals surface area contributed by atoms with Crippen molar-refractivity contribution >= 4 is 27.5 Å². The van der Waals surface area contributed by atoms with E-state index in [1.807, 2.05) is 6.07 Å². The first-order valence-electron chi connectivity index (χ1n) is 5.01. The molecule has 0 unspecified atom stereocenters. The minimum atomic E-state index is -0.925. The van der Waals surface area contributed by atoms with Gasteiger partial charge in [0.05, 0.1) is 18.2 Å². The minimum Gasteiger partial charge on any atom is -0.495 e. The SMILES string of the molecule is COc1cccc2sc(=O)n(CCC(=O)O)c12. The van der Waals surface area contributed by atoms with Crippen LogP contribution >= 0.6 is 11.3 Å². The normalized spacial score (nSPS) is 10.6. The summed E-state index contributed by atoms with van der Waals surface area (Å²) in [6.45, 7) is 0.161. The number of aromatic nitrogens is 1. The van der Waals surface area contributed by atoms with E-state index < -0.39 is 5.97 Å². The van der Waals surface area contributed by atoms with Crippen molar-refractivity contribution in [3.8, 4) is 5.75 Å². The first-order valence-corrected chi connectivity index (χ1v) is 5.83. The summed E-state index contributed by atoms with van der Waals surface area (Å²) in [6.07, 6.45) is -0.0796. The number of fused-ring (bicyclic) bond motifs is 1. The van der Waals surface area contributed by atoms with E-state index in [4.69, 9.17) is 9.84 Å². The fraction of sp³-hybridized carbons (Fsp3) is 0.273. The summed E-state index contributed by atoms with van der Waals surface area (Å²) >= 11 is 1.09. The van der Waals surface area contributed by atoms with Gasteiger partial charge in [-0.1, -0.05) is 17.4 Å². The number of methoxy groups -OCH3 is 1. The van der Waals surface area contributed by atoms with Gasteiger partial charge in [-0.15, -0.1) is 0 Å². The Morgan fingerprint density at radius 2 is 2.29 bits per heavy atom. The highest BCUT2D eigenvalue weighted by Crippen LogP contribution is 2.27. The molecule has 1 aromatic carbocycles. The van der Waals surface area contributed by atoms with Gasteiger partial charge in [-0.05, 0) is 12.1 Å². The molecule has 17 heavy (non-hydrogen) atoms. The highest BCUT2D eigenvalue weighted by atomic mass is 32.1. The van der Waals surface area contributed by atoms with Gasteiger partial charge in [0.1, 0.15) is 11.3 Å². The first kappa shape index (κ1) is 11.7. The standard InChI is InChI=1S/C11H11NO4S/c1-16-7-3-2-4-8-10(7)12(11(15)17-8)6-5-9(13)14/h2-4H,5-6H2,1H3,(H,13,14). The molecule has 0 bridgehead atoms. The molecule has 0 fully saturated rings. The lowest BCUT2D eigenvalue weighted by molar-refractivity contribution is -0.137. The minimum absolute atomic E-state index is 0.0796. The number of carboxylic acids is 1. The summed E-state index contributed by atoms with van der Waals surface area (Å²) in [7, 11) is 1.53. The molecule has 1 N–H and O–H groups in total. The summed E-state index contributed by atoms with van der Waals surface area (Å²) in [4.78, 5) is 22.1. The van der Waals surface area contributed by atoms with Crippen molar-refractivity contribution < 1.29 is 14.6 Å². The van der Waals surface area contributed by atoms with Gasteiger partial charge in [0.15, 0.2) is 0 Å². The Bertz CT molecular complexity index is 613. The number of rotatable bonds is 4. The van der Waals surface area contributed by atoms with Crippen LogP contribution in [0.15, 0.2) is 23.0 Å². The number of thiazole rings is 1. The number of benzene rings is 1. The van der Waals surface area contributed by atoms with Crippen LogP contribution in [-0.4, -0.2) is 22.8 Å². The molecule has 0 saturated carbocycles. The highest BCUT2D eigenvalue weighted by Gasteiger charge is 2.12. The van der Waals surface area contributed by atoms with Crippen molar-refractivity contribution in [2.75, 3.05) is 7.11 Å². The number of ether oxygens (including phenoxy) is 1. The smallest absolute Gasteiger partial charge is 0.308 e. The van der Waals surface area contributed by atoms with Crippen LogP contribution in [0, 0.1) is 0 Å². The molecule has 0 atom stereocenters. The van der Waals surface area contributed by atoms with E-state index in [0.717, 1.165) is 16.0 Å². The molecule has 2 rings (SSSR count). The van der Waals surface area contributed by atoms with Crippen LogP contribution in [0.2, 0.25) is 0 Å². The summed E-state index contributed by atoms with van der Waals surface area (Å²) in [5, 5.41) is 8.66. The summed E-state index contributed by atoms with van der Waals surface area (Å²) in [5.74, 6) is -0.336. The van der Waals surface area contributed by atoms with Gasteiger partial charge in [-0.2, -0.15) is 0 Å². The van der Waals surface area contributed by atoms with Crippen molar-refractivity contribution in [1.29, 1.82) is 0 Å². The van der Waals surface area contributed by atoms with Crippen molar-refractivity contribution in [3.05, 3.63) is 27.9 Å². The third kappa shape index (κ3) is 2.16. The average Bonchev–Trinajstić information content (AvgIpc) is 2.61. The number of hydrogen-bond donors (Lipinski definition) is 1. The molecule has 0 aliphatic heterocycles. The third-order valence-corrected chi connectivity index (χ3v) is 3.36. The maximum atomic E-state index is 11.8. The number of aliphatic carboxylic acids is 1. The highest BCUT2D eigenvalue weighted by molar-refractivity contribution is 7.16. The Kier molecular flexibility index (Phi) is 3.14. The average molecular weight is 253 g/mol. The lowest BCUT2D eigenvalue weighted by Crippen LogP contribution is -2.15. The van der Waals surface area contributed by atoms with E-state index in [9.17, 15) is 9.59 Å². The van der Waals surface area contributed by atoms with Gasteiger partial charge in [-0.25, -0.2) is 0 Å². The number of nitrogens with zero attached hydrogens (tertiary/aromatic N) is 1. The molecule has 0 saturated heterocycles. The third-order valence-electron chi connectivity index (χ3n) is 2.42. The van der Waals surface area contributed by atoms with Gasteiger partial charge in [0.2, 0.25) is 0 Å². The van der Waals surface area contributed by atoms with Crippen LogP contribution in [0.3, 0.4) is 0 Å². The topological polar surface area (TPSA) is 68.5 Å². The summed E-state index contributed by atoms with van der Waals surface area (Å²) in [6, 6.07) is 5.38. The lowest BCUT2D eigenvalue weighted by Gasteiger charge is -2.05. The summed E-state index contributed by atoms with van der Waals surface area (Å²) < 4.78 is 7.44. The molecule has 0 spiro atoms. The Morgan fingerprint density at radius 3 is 2.94 bits per heavy atom. The van der Waals surface area contributed by atoms with E-state index in [-0.39, 0.29) is 17.8 Å². The molecule has 6 heteroatoms. The molecule has 5 nitrogen and oxygen atoms in total. The fourth-order valence-electron chi connectivity index (χ4n) is 1.67. The van der Waals surface area contributed by atoms with Crippen LogP contribution in [0.1, 0.15) is 6.42 Å². The van der Waals surface area contributed by atoms with Crippen LogP contribution < -0.4 is 9.61 Å². The fourth-order valence-corrected chi connectivity index (χ4v) is 2.60. The number of carboxylic acid groups (broad SMARTS) is 1. The molecular weight excluding hydrogens is 242 g/mol. The van der Waals surface area contributed by atoms with Crippen LogP contribution in [0.4, 0.5) is 0 Å². The monoisotopic (exact) mass is 253 g/mol. The molecule has 1 aromatic heterocycles. The first-order chi connectivity index (χ1) is 8.13. The number of para-hydroxylation sites is 1. The van der Waals surface area contributed by atoms with Gasteiger partial charge in [0.25, 0.3) is 0 Å². The molecule has 0 aliphatic carbocycles. The van der Waals surface area contributed by atoms with Crippen molar-refractivity contribution in [2.45, 2.75) is 13.0 Å². The Hall–Kier alpha value is -1.82. The second-order valence-electron chi connectivity index (χ2n) is 3.47. The second-order valence-corrected chi connectivity index (χ2v) is 4.46. The molecule has 0 amide bonds. The Balaban J connectivity index is 2.56. The number of aryl methyl sites for hydroxylation is 1. The summed E-state index contributed by atoms with van der Waals surface area (Å²) in [5.41, 5.74) is 0.672. The van der Waals surface area contributed by atoms with Crippen molar-refractivity contribution in [2.24, 2.45) is 0 Å². The van der Waals surface area contributed by atoms with Crippen molar-refractivity contribution in [3.63, 3.8) is 0 Å². The molecule has 1 heterocycles. The van der Waals surface area contributed by atoms with Crippen LogP contribution in [0.25, 0.3) is 10.2 Å². The molecule has 2 aromatic rings. The van der Waals surface area contributed by atoms with E-state index in [0.29, 0.717) is 11.3 Å². The quantitative estimate of drug-likeness (QED) is 0.897. The lowest BCUT2D eigenvalue weighted by atomic mass is 10.3. The van der Waals surface area contributed by atoms with Gasteiger partial charge in [-0.3, -0.25) is 14.2 Å². The van der Waals surface area contributed by atoms with E-state index in [1.165, 1.54) is 11.7 Å². The maximum absolute atomic E-state index is 11.8. The van der Waals surface area contributed by atoms with Gasteiger partial charge < -0.3 is 9.84 Å². The predicted octanol–water partition coefficient (Wildman–Crippen LogP) is 1.55. The largest absolute Gasteiger partial charge is 0.495 e. The van der Waals surface area contributed by atoms with E-state index in [2.05, 4.69) is 0 Å². The van der Waals surface area contributed by atoms with Crippen molar-refractivity contribution in [1.82, 2.24) is 4.57 Å². The molecular formula is C11H11NO4S. The van der Waals surface area contributed by atoms with Gasteiger partial charge >= 0.3 is 10.8 Å². The van der Waals surface area contributed by atoms with Crippen LogP contribution in [0.5, 0.6) is 5.75 Å². The zero-order chi connectivity index (χ0) is 12.4. The zero-order valence-corrected chi connectivity index (χ0v) is 9.99. The van der Waals surface area contributed by atoms with Gasteiger partial charge in [0, 0.05) is 6.54 Å². The molecule has 0 radical (unpaired) electrons. The number of carbonyl (C=O) groups is 1. The Morgan fingerprint density at radius 1 is 1.53 bits per heavy atom. The second kappa shape index (κ2) is 4.58. The van der Waals surface area contributed by atoms with Crippen LogP contribution in [-0.2, 0) is 11.3 Å². The molecule has 0 aliphatic rings. The zero-order valence-electron chi connectivity index (χ0n) is 9.17.